The van der Waals surface area contributed by atoms with Crippen LogP contribution >= 0.6 is 11.3 Å². The molecule has 0 atom stereocenters. The normalized spacial score (nSPS) is 10.3. The number of benzene rings is 1. The minimum absolute atomic E-state index is 0.220. The average Bonchev–Trinajstić information content (AvgIpc) is 3.12. The molecule has 1 aromatic carbocycles. The zero-order chi connectivity index (χ0) is 13.1. The summed E-state index contributed by atoms with van der Waals surface area (Å²) in [5.41, 5.74) is 2.94. The predicted octanol–water partition coefficient (Wildman–Crippen LogP) is 1.37. The number of anilines is 1. The standard InChI is InChI=1S/C11H8N6OS/c18-10(15-11-16-13-7-19-11)8-1-3-9(4-2-8)17-6-12-5-14-17/h1-7H,(H,15,16,18). The lowest BCUT2D eigenvalue weighted by Crippen LogP contribution is -2.11. The van der Waals surface area contributed by atoms with Gasteiger partial charge in [-0.15, -0.1) is 10.2 Å². The fourth-order valence-electron chi connectivity index (χ4n) is 1.50. The van der Waals surface area contributed by atoms with E-state index in [1.54, 1.807) is 40.8 Å². The van der Waals surface area contributed by atoms with Crippen molar-refractivity contribution in [1.82, 2.24) is 25.0 Å². The van der Waals surface area contributed by atoms with Crippen LogP contribution in [0.5, 0.6) is 0 Å². The van der Waals surface area contributed by atoms with Gasteiger partial charge in [0.15, 0.2) is 0 Å². The molecule has 19 heavy (non-hydrogen) atoms. The van der Waals surface area contributed by atoms with Gasteiger partial charge >= 0.3 is 0 Å². The Morgan fingerprint density at radius 3 is 2.74 bits per heavy atom. The van der Waals surface area contributed by atoms with Crippen molar-refractivity contribution in [1.29, 1.82) is 0 Å². The second-order valence-electron chi connectivity index (χ2n) is 3.58. The Balaban J connectivity index is 1.77. The van der Waals surface area contributed by atoms with Crippen LogP contribution in [0.4, 0.5) is 5.13 Å². The highest BCUT2D eigenvalue weighted by atomic mass is 32.1. The number of carbonyl (C=O) groups is 1. The first-order valence-corrected chi connectivity index (χ1v) is 6.23. The van der Waals surface area contributed by atoms with Gasteiger partial charge in [-0.2, -0.15) is 5.10 Å². The van der Waals surface area contributed by atoms with Crippen LogP contribution in [0.25, 0.3) is 5.69 Å². The third-order valence-corrected chi connectivity index (χ3v) is 3.00. The Hall–Kier alpha value is -2.61. The maximum Gasteiger partial charge on any atom is 0.257 e. The monoisotopic (exact) mass is 272 g/mol. The fourth-order valence-corrected chi connectivity index (χ4v) is 1.94. The molecule has 0 unspecified atom stereocenters. The molecule has 0 spiro atoms. The van der Waals surface area contributed by atoms with Gasteiger partial charge in [0.05, 0.1) is 5.69 Å². The van der Waals surface area contributed by atoms with E-state index >= 15 is 0 Å². The summed E-state index contributed by atoms with van der Waals surface area (Å²) >= 11 is 1.27. The molecule has 1 N–H and O–H groups in total. The molecule has 2 aromatic heterocycles. The lowest BCUT2D eigenvalue weighted by atomic mass is 10.2. The molecule has 8 heteroatoms. The minimum Gasteiger partial charge on any atom is -0.296 e. The van der Waals surface area contributed by atoms with E-state index in [0.717, 1.165) is 5.69 Å². The molecule has 0 aliphatic carbocycles. The van der Waals surface area contributed by atoms with E-state index in [1.165, 1.54) is 17.7 Å². The molecule has 0 fully saturated rings. The molecule has 7 nitrogen and oxygen atoms in total. The fraction of sp³-hybridized carbons (Fsp3) is 0. The quantitative estimate of drug-likeness (QED) is 0.778. The third kappa shape index (κ3) is 2.47. The molecular formula is C11H8N6OS. The van der Waals surface area contributed by atoms with Gasteiger partial charge in [-0.25, -0.2) is 9.67 Å². The van der Waals surface area contributed by atoms with Crippen molar-refractivity contribution in [2.75, 3.05) is 5.32 Å². The van der Waals surface area contributed by atoms with Crippen LogP contribution < -0.4 is 5.32 Å². The number of hydrogen-bond donors (Lipinski definition) is 1. The lowest BCUT2D eigenvalue weighted by molar-refractivity contribution is 0.102. The Bertz CT molecular complexity index is 662. The second kappa shape index (κ2) is 4.94. The van der Waals surface area contributed by atoms with Crippen molar-refractivity contribution in [3.05, 3.63) is 48.0 Å². The summed E-state index contributed by atoms with van der Waals surface area (Å²) in [6, 6.07) is 7.02. The van der Waals surface area contributed by atoms with Gasteiger partial charge in [-0.1, -0.05) is 11.3 Å². The number of rotatable bonds is 3. The Labute approximate surface area is 111 Å². The van der Waals surface area contributed by atoms with E-state index < -0.39 is 0 Å². The number of nitrogens with one attached hydrogen (secondary N) is 1. The summed E-state index contributed by atoms with van der Waals surface area (Å²) in [6.07, 6.45) is 3.05. The van der Waals surface area contributed by atoms with Crippen molar-refractivity contribution in [3.63, 3.8) is 0 Å². The van der Waals surface area contributed by atoms with E-state index in [2.05, 4.69) is 25.6 Å². The Morgan fingerprint density at radius 1 is 1.26 bits per heavy atom. The van der Waals surface area contributed by atoms with Gasteiger partial charge in [0.2, 0.25) is 5.13 Å². The molecule has 2 heterocycles. The summed E-state index contributed by atoms with van der Waals surface area (Å²) in [4.78, 5) is 15.8. The Kier molecular flexibility index (Phi) is 2.99. The topological polar surface area (TPSA) is 85.6 Å². The molecule has 3 aromatic rings. The molecular weight excluding hydrogens is 264 g/mol. The highest BCUT2D eigenvalue weighted by molar-refractivity contribution is 7.13. The van der Waals surface area contributed by atoms with Gasteiger partial charge in [0, 0.05) is 5.56 Å². The predicted molar refractivity (Wildman–Crippen MR) is 69.2 cm³/mol. The summed E-state index contributed by atoms with van der Waals surface area (Å²) in [5, 5.41) is 14.6. The molecule has 0 aliphatic rings. The third-order valence-electron chi connectivity index (χ3n) is 2.39. The molecule has 1 amide bonds. The van der Waals surface area contributed by atoms with E-state index in [4.69, 9.17) is 0 Å². The van der Waals surface area contributed by atoms with E-state index in [9.17, 15) is 4.79 Å². The number of hydrogen-bond acceptors (Lipinski definition) is 6. The zero-order valence-electron chi connectivity index (χ0n) is 9.59. The van der Waals surface area contributed by atoms with Crippen LogP contribution in [0.3, 0.4) is 0 Å². The van der Waals surface area contributed by atoms with E-state index in [0.29, 0.717) is 10.7 Å². The largest absolute Gasteiger partial charge is 0.296 e. The van der Waals surface area contributed by atoms with Gasteiger partial charge in [0.25, 0.3) is 5.91 Å². The maximum absolute atomic E-state index is 11.9. The van der Waals surface area contributed by atoms with Gasteiger partial charge < -0.3 is 0 Å². The van der Waals surface area contributed by atoms with Crippen LogP contribution in [-0.4, -0.2) is 30.9 Å². The van der Waals surface area contributed by atoms with E-state index in [-0.39, 0.29) is 5.91 Å². The first kappa shape index (κ1) is 11.5. The van der Waals surface area contributed by atoms with E-state index in [1.807, 2.05) is 0 Å². The number of amides is 1. The molecule has 0 bridgehead atoms. The van der Waals surface area contributed by atoms with Gasteiger partial charge in [0.1, 0.15) is 18.2 Å². The highest BCUT2D eigenvalue weighted by Crippen LogP contribution is 2.12. The number of carbonyl (C=O) groups excluding carboxylic acids is 1. The summed E-state index contributed by atoms with van der Waals surface area (Å²) in [6.45, 7) is 0. The molecule has 0 saturated carbocycles. The van der Waals surface area contributed by atoms with Crippen LogP contribution in [-0.2, 0) is 0 Å². The summed E-state index contributed by atoms with van der Waals surface area (Å²) in [7, 11) is 0. The lowest BCUT2D eigenvalue weighted by Gasteiger charge is -2.03. The Morgan fingerprint density at radius 2 is 2.11 bits per heavy atom. The number of nitrogens with zero attached hydrogens (tertiary/aromatic N) is 5. The smallest absolute Gasteiger partial charge is 0.257 e. The molecule has 3 rings (SSSR count). The maximum atomic E-state index is 11.9. The number of aromatic nitrogens is 5. The second-order valence-corrected chi connectivity index (χ2v) is 4.42. The van der Waals surface area contributed by atoms with Crippen molar-refractivity contribution < 1.29 is 4.79 Å². The van der Waals surface area contributed by atoms with Gasteiger partial charge in [-0.05, 0) is 24.3 Å². The highest BCUT2D eigenvalue weighted by Gasteiger charge is 2.08. The summed E-state index contributed by atoms with van der Waals surface area (Å²) in [5.74, 6) is -0.220. The van der Waals surface area contributed by atoms with Crippen LogP contribution in [0.2, 0.25) is 0 Å². The van der Waals surface area contributed by atoms with Crippen LogP contribution in [0, 0.1) is 0 Å². The van der Waals surface area contributed by atoms with Crippen LogP contribution in [0.1, 0.15) is 10.4 Å². The van der Waals surface area contributed by atoms with Crippen molar-refractivity contribution in [2.24, 2.45) is 0 Å². The first-order valence-electron chi connectivity index (χ1n) is 5.35. The SMILES string of the molecule is O=C(Nc1nncs1)c1ccc(-n2cncn2)cc1. The molecule has 0 aliphatic heterocycles. The molecule has 94 valence electrons. The van der Waals surface area contributed by atoms with Crippen molar-refractivity contribution >= 4 is 22.4 Å². The van der Waals surface area contributed by atoms with Crippen LogP contribution in [0.15, 0.2) is 42.4 Å². The van der Waals surface area contributed by atoms with Crippen molar-refractivity contribution in [3.8, 4) is 5.69 Å². The zero-order valence-corrected chi connectivity index (χ0v) is 10.4. The molecule has 0 saturated heterocycles. The van der Waals surface area contributed by atoms with Crippen molar-refractivity contribution in [2.45, 2.75) is 0 Å². The average molecular weight is 272 g/mol. The first-order chi connectivity index (χ1) is 9.33. The summed E-state index contributed by atoms with van der Waals surface area (Å²) < 4.78 is 1.62. The minimum atomic E-state index is -0.220. The molecule has 0 radical (unpaired) electrons. The van der Waals surface area contributed by atoms with Gasteiger partial charge in [-0.3, -0.25) is 10.1 Å².